The minimum absolute atomic E-state index is 0.0814. The number of alkyl halides is 4. The van der Waals surface area contributed by atoms with Gasteiger partial charge in [0, 0.05) is 32.3 Å². The van der Waals surface area contributed by atoms with Gasteiger partial charge in [0.25, 0.3) is 5.91 Å². The average molecular weight is 349 g/mol. The van der Waals surface area contributed by atoms with Crippen LogP contribution in [0, 0.1) is 0 Å². The highest BCUT2D eigenvalue weighted by molar-refractivity contribution is 5.94. The first-order valence-electron chi connectivity index (χ1n) is 6.98. The molecule has 1 atom stereocenters. The molecule has 2 heterocycles. The van der Waals surface area contributed by atoms with Gasteiger partial charge in [-0.15, -0.1) is 0 Å². The Kier molecular flexibility index (Phi) is 5.25. The third-order valence-electron chi connectivity index (χ3n) is 3.41. The van der Waals surface area contributed by atoms with Crippen LogP contribution in [0.3, 0.4) is 0 Å². The molecule has 1 aromatic heterocycles. The third kappa shape index (κ3) is 4.33. The normalized spacial score (nSPS) is 18.2. The molecule has 0 radical (unpaired) electrons. The van der Waals surface area contributed by atoms with Gasteiger partial charge < -0.3 is 15.0 Å². The smallest absolute Gasteiger partial charge is 0.340 e. The number of carbonyl (C=O) groups is 2. The summed E-state index contributed by atoms with van der Waals surface area (Å²) >= 11 is 0. The molecule has 10 heteroatoms. The molecule has 1 fully saturated rings. The molecule has 0 saturated carbocycles. The van der Waals surface area contributed by atoms with Crippen LogP contribution in [0.15, 0.2) is 18.3 Å². The first-order valence-corrected chi connectivity index (χ1v) is 6.98. The fourth-order valence-corrected chi connectivity index (χ4v) is 2.06. The largest absolute Gasteiger partial charge is 0.471 e. The van der Waals surface area contributed by atoms with E-state index in [0.29, 0.717) is 6.54 Å². The summed E-state index contributed by atoms with van der Waals surface area (Å²) in [6.45, 7) is -1.12. The standard InChI is InChI=1S/C14H15F4N3O3/c1-21-6-9(4-11(21)22)20-12(23)8-2-3-10(19-5-8)24-7-14(17,18)13(15)16/h2-3,5,9,13H,4,6-7H2,1H3,(H,20,23)/t9-/m1/s1. The number of nitrogens with one attached hydrogen (secondary N) is 1. The van der Waals surface area contributed by atoms with Crippen molar-refractivity contribution in [2.45, 2.75) is 24.8 Å². The molecule has 24 heavy (non-hydrogen) atoms. The quantitative estimate of drug-likeness (QED) is 0.787. The van der Waals surface area contributed by atoms with Gasteiger partial charge in [0.2, 0.25) is 11.8 Å². The monoisotopic (exact) mass is 349 g/mol. The lowest BCUT2D eigenvalue weighted by molar-refractivity contribution is -0.148. The fourth-order valence-electron chi connectivity index (χ4n) is 2.06. The molecule has 0 spiro atoms. The highest BCUT2D eigenvalue weighted by Crippen LogP contribution is 2.23. The van der Waals surface area contributed by atoms with Crippen molar-refractivity contribution in [3.63, 3.8) is 0 Å². The maximum Gasteiger partial charge on any atom is 0.340 e. The first kappa shape index (κ1) is 18.0. The molecule has 1 aliphatic rings. The fraction of sp³-hybridized carbons (Fsp3) is 0.500. The molecule has 2 rings (SSSR count). The summed E-state index contributed by atoms with van der Waals surface area (Å²) in [7, 11) is 1.62. The number of aromatic nitrogens is 1. The molecular formula is C14H15F4N3O3. The zero-order valence-electron chi connectivity index (χ0n) is 12.6. The lowest BCUT2D eigenvalue weighted by atomic mass is 10.2. The molecule has 2 amide bonds. The van der Waals surface area contributed by atoms with Crippen LogP contribution in [0.25, 0.3) is 0 Å². The molecule has 1 N–H and O–H groups in total. The van der Waals surface area contributed by atoms with E-state index in [4.69, 9.17) is 0 Å². The number of likely N-dealkylation sites (N-methyl/N-ethyl adjacent to an activating group) is 1. The van der Waals surface area contributed by atoms with Gasteiger partial charge in [-0.1, -0.05) is 0 Å². The lowest BCUT2D eigenvalue weighted by Crippen LogP contribution is -2.36. The average Bonchev–Trinajstić information content (AvgIpc) is 2.83. The minimum Gasteiger partial charge on any atom is -0.471 e. The molecule has 1 saturated heterocycles. The number of amides is 2. The highest BCUT2D eigenvalue weighted by atomic mass is 19.3. The molecule has 6 nitrogen and oxygen atoms in total. The van der Waals surface area contributed by atoms with E-state index in [1.807, 2.05) is 0 Å². The number of ether oxygens (including phenoxy) is 1. The topological polar surface area (TPSA) is 71.5 Å². The van der Waals surface area contributed by atoms with Crippen molar-refractivity contribution < 1.29 is 31.9 Å². The second-order valence-electron chi connectivity index (χ2n) is 5.38. The van der Waals surface area contributed by atoms with Crippen molar-refractivity contribution in [2.24, 2.45) is 0 Å². The van der Waals surface area contributed by atoms with Gasteiger partial charge in [-0.25, -0.2) is 13.8 Å². The summed E-state index contributed by atoms with van der Waals surface area (Å²) in [5, 5.41) is 2.65. The van der Waals surface area contributed by atoms with E-state index >= 15 is 0 Å². The number of nitrogens with zero attached hydrogens (tertiary/aromatic N) is 2. The zero-order valence-corrected chi connectivity index (χ0v) is 12.6. The van der Waals surface area contributed by atoms with Crippen LogP contribution in [0.1, 0.15) is 16.8 Å². The van der Waals surface area contributed by atoms with E-state index in [2.05, 4.69) is 15.0 Å². The SMILES string of the molecule is CN1C[C@H](NC(=O)c2ccc(OCC(F)(F)C(F)F)nc2)CC1=O. The molecule has 132 valence electrons. The zero-order chi connectivity index (χ0) is 17.9. The van der Waals surface area contributed by atoms with Gasteiger partial charge in [0.1, 0.15) is 0 Å². The number of carbonyl (C=O) groups excluding carboxylic acids is 2. The predicted octanol–water partition coefficient (Wildman–Crippen LogP) is 1.32. The molecular weight excluding hydrogens is 334 g/mol. The first-order chi connectivity index (χ1) is 11.2. The number of pyridine rings is 1. The minimum atomic E-state index is -4.28. The van der Waals surface area contributed by atoms with Crippen LogP contribution in [-0.4, -0.2) is 60.3 Å². The van der Waals surface area contributed by atoms with Gasteiger partial charge in [0.15, 0.2) is 6.61 Å². The number of halogens is 4. The second kappa shape index (κ2) is 7.02. The third-order valence-corrected chi connectivity index (χ3v) is 3.41. The van der Waals surface area contributed by atoms with E-state index in [1.165, 1.54) is 11.0 Å². The van der Waals surface area contributed by atoms with Gasteiger partial charge in [-0.3, -0.25) is 9.59 Å². The van der Waals surface area contributed by atoms with Crippen molar-refractivity contribution >= 4 is 11.8 Å². The Morgan fingerprint density at radius 1 is 1.50 bits per heavy atom. The Labute approximate surface area is 134 Å². The molecule has 1 aliphatic heterocycles. The lowest BCUT2D eigenvalue weighted by Gasteiger charge is -2.15. The van der Waals surface area contributed by atoms with Crippen LogP contribution in [-0.2, 0) is 4.79 Å². The number of rotatable bonds is 6. The van der Waals surface area contributed by atoms with E-state index in [1.54, 1.807) is 7.05 Å². The Balaban J connectivity index is 1.89. The van der Waals surface area contributed by atoms with Crippen LogP contribution in [0.2, 0.25) is 0 Å². The van der Waals surface area contributed by atoms with Crippen molar-refractivity contribution in [3.05, 3.63) is 23.9 Å². The molecule has 0 aromatic carbocycles. The summed E-state index contributed by atoms with van der Waals surface area (Å²) in [4.78, 5) is 28.5. The van der Waals surface area contributed by atoms with E-state index in [0.717, 1.165) is 12.3 Å². The summed E-state index contributed by atoms with van der Waals surface area (Å²) in [6, 6.07) is 2.07. The van der Waals surface area contributed by atoms with Crippen molar-refractivity contribution in [1.29, 1.82) is 0 Å². The summed E-state index contributed by atoms with van der Waals surface area (Å²) in [6.07, 6.45) is -2.57. The summed E-state index contributed by atoms with van der Waals surface area (Å²) in [5.74, 6) is -5.15. The Bertz CT molecular complexity index is 610. The van der Waals surface area contributed by atoms with Crippen LogP contribution in [0.4, 0.5) is 17.6 Å². The molecule has 1 aromatic rings. The Hall–Kier alpha value is -2.39. The van der Waals surface area contributed by atoms with Gasteiger partial charge in [-0.05, 0) is 6.07 Å². The van der Waals surface area contributed by atoms with Crippen molar-refractivity contribution in [3.8, 4) is 5.88 Å². The van der Waals surface area contributed by atoms with Crippen LogP contribution < -0.4 is 10.1 Å². The Morgan fingerprint density at radius 3 is 2.71 bits per heavy atom. The van der Waals surface area contributed by atoms with Crippen molar-refractivity contribution in [2.75, 3.05) is 20.2 Å². The van der Waals surface area contributed by atoms with E-state index in [-0.39, 0.29) is 29.8 Å². The number of hydrogen-bond acceptors (Lipinski definition) is 4. The van der Waals surface area contributed by atoms with Crippen molar-refractivity contribution in [1.82, 2.24) is 15.2 Å². The number of likely N-dealkylation sites (tertiary alicyclic amines) is 1. The van der Waals surface area contributed by atoms with E-state index in [9.17, 15) is 27.2 Å². The van der Waals surface area contributed by atoms with Gasteiger partial charge >= 0.3 is 12.3 Å². The summed E-state index contributed by atoms with van der Waals surface area (Å²) in [5.41, 5.74) is 0.130. The number of hydrogen-bond donors (Lipinski definition) is 1. The van der Waals surface area contributed by atoms with Crippen LogP contribution >= 0.6 is 0 Å². The van der Waals surface area contributed by atoms with E-state index < -0.39 is 24.9 Å². The second-order valence-corrected chi connectivity index (χ2v) is 5.38. The highest BCUT2D eigenvalue weighted by Gasteiger charge is 2.41. The molecule has 0 unspecified atom stereocenters. The maximum absolute atomic E-state index is 12.7. The Morgan fingerprint density at radius 2 is 2.21 bits per heavy atom. The molecule has 0 bridgehead atoms. The predicted molar refractivity (Wildman–Crippen MR) is 74.2 cm³/mol. The molecule has 0 aliphatic carbocycles. The maximum atomic E-state index is 12.7. The summed E-state index contributed by atoms with van der Waals surface area (Å²) < 4.78 is 54.0. The van der Waals surface area contributed by atoms with Crippen LogP contribution in [0.5, 0.6) is 5.88 Å². The van der Waals surface area contributed by atoms with Gasteiger partial charge in [-0.2, -0.15) is 8.78 Å². The van der Waals surface area contributed by atoms with Gasteiger partial charge in [0.05, 0.1) is 11.6 Å².